The molecule has 1 aromatic rings. The number of anilines is 1. The van der Waals surface area contributed by atoms with Crippen molar-refractivity contribution in [2.45, 2.75) is 26.9 Å². The fourth-order valence-electron chi connectivity index (χ4n) is 2.62. The van der Waals surface area contributed by atoms with E-state index in [9.17, 15) is 4.79 Å². The van der Waals surface area contributed by atoms with Gasteiger partial charge in [0.2, 0.25) is 0 Å². The first-order chi connectivity index (χ1) is 11.0. The van der Waals surface area contributed by atoms with Crippen molar-refractivity contribution in [3.05, 3.63) is 23.4 Å². The van der Waals surface area contributed by atoms with E-state index in [0.29, 0.717) is 5.69 Å². The van der Waals surface area contributed by atoms with Crippen molar-refractivity contribution in [2.75, 3.05) is 51.3 Å². The average molecular weight is 321 g/mol. The summed E-state index contributed by atoms with van der Waals surface area (Å²) < 4.78 is 10.4. The van der Waals surface area contributed by atoms with Crippen molar-refractivity contribution in [2.24, 2.45) is 0 Å². The lowest BCUT2D eigenvalue weighted by atomic mass is 10.2. The molecule has 0 unspecified atom stereocenters. The van der Waals surface area contributed by atoms with Crippen LogP contribution < -0.4 is 4.90 Å². The zero-order chi connectivity index (χ0) is 16.8. The number of aryl methyl sites for hydroxylation is 1. The smallest absolute Gasteiger partial charge is 0.357 e. The Balaban J connectivity index is 1.91. The molecule has 0 bridgehead atoms. The van der Waals surface area contributed by atoms with Crippen LogP contribution in [0.1, 0.15) is 29.9 Å². The van der Waals surface area contributed by atoms with Crippen molar-refractivity contribution < 1.29 is 14.3 Å². The maximum absolute atomic E-state index is 11.8. The molecule has 6 heteroatoms. The van der Waals surface area contributed by atoms with Gasteiger partial charge in [-0.15, -0.1) is 0 Å². The molecule has 1 aliphatic heterocycles. The number of pyridine rings is 1. The molecule has 1 aromatic heterocycles. The van der Waals surface area contributed by atoms with Gasteiger partial charge in [0, 0.05) is 32.7 Å². The summed E-state index contributed by atoms with van der Waals surface area (Å²) in [5.74, 6) is 0.461. The van der Waals surface area contributed by atoms with Crippen molar-refractivity contribution in [1.29, 1.82) is 0 Å². The van der Waals surface area contributed by atoms with E-state index >= 15 is 0 Å². The van der Waals surface area contributed by atoms with E-state index in [1.54, 1.807) is 0 Å². The normalized spacial score (nSPS) is 16.0. The number of esters is 1. The second-order valence-electron chi connectivity index (χ2n) is 6.07. The summed E-state index contributed by atoms with van der Waals surface area (Å²) in [5, 5.41) is 0. The Morgan fingerprint density at radius 3 is 2.57 bits per heavy atom. The van der Waals surface area contributed by atoms with Crippen LogP contribution in [0.3, 0.4) is 0 Å². The fourth-order valence-corrected chi connectivity index (χ4v) is 2.62. The number of hydrogen-bond acceptors (Lipinski definition) is 6. The zero-order valence-electron chi connectivity index (χ0n) is 14.5. The Morgan fingerprint density at radius 1 is 1.26 bits per heavy atom. The summed E-state index contributed by atoms with van der Waals surface area (Å²) in [6.07, 6.45) is 0.282. The van der Waals surface area contributed by atoms with Crippen LogP contribution in [-0.2, 0) is 9.47 Å². The third-order valence-corrected chi connectivity index (χ3v) is 4.02. The highest BCUT2D eigenvalue weighted by molar-refractivity contribution is 5.89. The monoisotopic (exact) mass is 321 g/mol. The summed E-state index contributed by atoms with van der Waals surface area (Å²) in [6.45, 7) is 11.5. The standard InChI is InChI=1S/C17H27N3O3/c1-13(2)23-12-11-19-7-9-20(10-8-19)15-6-5-14(3)16(18-15)17(21)22-4/h5-6,13H,7-12H2,1-4H3. The highest BCUT2D eigenvalue weighted by Crippen LogP contribution is 2.17. The molecule has 1 saturated heterocycles. The molecule has 23 heavy (non-hydrogen) atoms. The summed E-state index contributed by atoms with van der Waals surface area (Å²) in [5.41, 5.74) is 1.24. The number of piperazine rings is 1. The molecule has 0 aromatic carbocycles. The fraction of sp³-hybridized carbons (Fsp3) is 0.647. The number of methoxy groups -OCH3 is 1. The molecule has 0 atom stereocenters. The van der Waals surface area contributed by atoms with Crippen LogP contribution >= 0.6 is 0 Å². The number of carbonyl (C=O) groups is 1. The maximum Gasteiger partial charge on any atom is 0.357 e. The van der Waals surface area contributed by atoms with Crippen molar-refractivity contribution in [1.82, 2.24) is 9.88 Å². The topological polar surface area (TPSA) is 54.9 Å². The van der Waals surface area contributed by atoms with E-state index < -0.39 is 0 Å². The molecule has 0 N–H and O–H groups in total. The molecule has 1 aliphatic rings. The van der Waals surface area contributed by atoms with Gasteiger partial charge in [0.1, 0.15) is 5.82 Å². The molecule has 0 aliphatic carbocycles. The highest BCUT2D eigenvalue weighted by atomic mass is 16.5. The van der Waals surface area contributed by atoms with Crippen LogP contribution in [0.2, 0.25) is 0 Å². The molecule has 1 fully saturated rings. The number of rotatable bonds is 6. The van der Waals surface area contributed by atoms with Gasteiger partial charge in [-0.1, -0.05) is 6.07 Å². The van der Waals surface area contributed by atoms with Crippen LogP contribution in [0.15, 0.2) is 12.1 Å². The SMILES string of the molecule is COC(=O)c1nc(N2CCN(CCOC(C)C)CC2)ccc1C. The van der Waals surface area contributed by atoms with E-state index in [4.69, 9.17) is 9.47 Å². The predicted molar refractivity (Wildman–Crippen MR) is 90.1 cm³/mol. The van der Waals surface area contributed by atoms with Gasteiger partial charge >= 0.3 is 5.97 Å². The number of aromatic nitrogens is 1. The van der Waals surface area contributed by atoms with Crippen molar-refractivity contribution >= 4 is 11.8 Å². The summed E-state index contributed by atoms with van der Waals surface area (Å²) >= 11 is 0. The molecule has 2 rings (SSSR count). The lowest BCUT2D eigenvalue weighted by Gasteiger charge is -2.35. The van der Waals surface area contributed by atoms with E-state index in [2.05, 4.69) is 28.6 Å². The van der Waals surface area contributed by atoms with Gasteiger partial charge < -0.3 is 14.4 Å². The lowest BCUT2D eigenvalue weighted by Crippen LogP contribution is -2.47. The molecular weight excluding hydrogens is 294 g/mol. The summed E-state index contributed by atoms with van der Waals surface area (Å²) in [6, 6.07) is 3.90. The minimum absolute atomic E-state index is 0.282. The Labute approximate surface area is 138 Å². The van der Waals surface area contributed by atoms with Crippen molar-refractivity contribution in [3.63, 3.8) is 0 Å². The highest BCUT2D eigenvalue weighted by Gasteiger charge is 2.20. The van der Waals surface area contributed by atoms with E-state index in [-0.39, 0.29) is 12.1 Å². The third-order valence-electron chi connectivity index (χ3n) is 4.02. The number of hydrogen-bond donors (Lipinski definition) is 0. The first-order valence-corrected chi connectivity index (χ1v) is 8.16. The van der Waals surface area contributed by atoms with E-state index in [1.165, 1.54) is 7.11 Å². The Kier molecular flexibility index (Phi) is 6.36. The van der Waals surface area contributed by atoms with Gasteiger partial charge in [0.05, 0.1) is 19.8 Å². The Bertz CT molecular complexity index is 526. The van der Waals surface area contributed by atoms with E-state index in [0.717, 1.165) is 50.7 Å². The van der Waals surface area contributed by atoms with Gasteiger partial charge in [0.15, 0.2) is 5.69 Å². The third kappa shape index (κ3) is 4.91. The second kappa shape index (κ2) is 8.26. The van der Waals surface area contributed by atoms with Crippen LogP contribution in [0.4, 0.5) is 5.82 Å². The zero-order valence-corrected chi connectivity index (χ0v) is 14.5. The minimum atomic E-state index is -0.381. The molecule has 0 amide bonds. The van der Waals surface area contributed by atoms with E-state index in [1.807, 2.05) is 19.1 Å². The number of ether oxygens (including phenoxy) is 2. The van der Waals surface area contributed by atoms with Crippen LogP contribution in [0, 0.1) is 6.92 Å². The predicted octanol–water partition coefficient (Wildman–Crippen LogP) is 1.72. The van der Waals surface area contributed by atoms with Gasteiger partial charge in [0.25, 0.3) is 0 Å². The Morgan fingerprint density at radius 2 is 1.96 bits per heavy atom. The lowest BCUT2D eigenvalue weighted by molar-refractivity contribution is 0.0575. The average Bonchev–Trinajstić information content (AvgIpc) is 2.55. The first-order valence-electron chi connectivity index (χ1n) is 8.16. The van der Waals surface area contributed by atoms with Crippen LogP contribution in [0.25, 0.3) is 0 Å². The second-order valence-corrected chi connectivity index (χ2v) is 6.07. The number of nitrogens with zero attached hydrogens (tertiary/aromatic N) is 3. The molecule has 2 heterocycles. The molecule has 6 nitrogen and oxygen atoms in total. The molecule has 0 radical (unpaired) electrons. The van der Waals surface area contributed by atoms with Gasteiger partial charge in [-0.05, 0) is 32.4 Å². The molecular formula is C17H27N3O3. The van der Waals surface area contributed by atoms with Gasteiger partial charge in [-0.25, -0.2) is 9.78 Å². The maximum atomic E-state index is 11.8. The van der Waals surface area contributed by atoms with Gasteiger partial charge in [-0.2, -0.15) is 0 Å². The van der Waals surface area contributed by atoms with Gasteiger partial charge in [-0.3, -0.25) is 4.90 Å². The summed E-state index contributed by atoms with van der Waals surface area (Å²) in [4.78, 5) is 20.9. The largest absolute Gasteiger partial charge is 0.464 e. The van der Waals surface area contributed by atoms with Crippen molar-refractivity contribution in [3.8, 4) is 0 Å². The van der Waals surface area contributed by atoms with Crippen LogP contribution in [-0.4, -0.2) is 68.4 Å². The van der Waals surface area contributed by atoms with Crippen LogP contribution in [0.5, 0.6) is 0 Å². The minimum Gasteiger partial charge on any atom is -0.464 e. The first kappa shape index (κ1) is 17.7. The quantitative estimate of drug-likeness (QED) is 0.744. The number of carbonyl (C=O) groups excluding carboxylic acids is 1. The molecule has 128 valence electrons. The Hall–Kier alpha value is -1.66. The summed E-state index contributed by atoms with van der Waals surface area (Å²) in [7, 11) is 1.38. The molecule has 0 spiro atoms. The molecule has 0 saturated carbocycles.